The van der Waals surface area contributed by atoms with E-state index in [1.165, 1.54) is 0 Å². The van der Waals surface area contributed by atoms with Gasteiger partial charge in [-0.15, -0.1) is 0 Å². The van der Waals surface area contributed by atoms with E-state index in [9.17, 15) is 4.79 Å². The summed E-state index contributed by atoms with van der Waals surface area (Å²) in [5.41, 5.74) is 2.13. The number of hydrogen-bond acceptors (Lipinski definition) is 2. The number of para-hydroxylation sites is 1. The Hall–Kier alpha value is -1.90. The minimum Gasteiger partial charge on any atom is -0.300 e. The topological polar surface area (TPSA) is 34.9 Å². The summed E-state index contributed by atoms with van der Waals surface area (Å²) in [7, 11) is 0. The molecule has 1 aromatic heterocycles. The molecule has 0 spiro atoms. The lowest BCUT2D eigenvalue weighted by Crippen LogP contribution is -2.05. The fourth-order valence-corrected chi connectivity index (χ4v) is 1.99. The number of carbonyl (C=O) groups excluding carboxylic acids is 1. The molecule has 0 saturated carbocycles. The highest BCUT2D eigenvalue weighted by atomic mass is 16.1. The van der Waals surface area contributed by atoms with Crippen LogP contribution in [0.4, 0.5) is 0 Å². The number of benzene rings is 1. The molecule has 3 nitrogen and oxygen atoms in total. The van der Waals surface area contributed by atoms with E-state index in [1.54, 1.807) is 6.20 Å². The molecule has 0 unspecified atom stereocenters. The Morgan fingerprint density at radius 3 is 2.67 bits per heavy atom. The van der Waals surface area contributed by atoms with Crippen LogP contribution < -0.4 is 0 Å². The first-order valence-electron chi connectivity index (χ1n) is 6.41. The third-order valence-corrected chi connectivity index (χ3v) is 2.91. The van der Waals surface area contributed by atoms with Gasteiger partial charge < -0.3 is 0 Å². The van der Waals surface area contributed by atoms with Gasteiger partial charge >= 0.3 is 0 Å². The number of carbonyl (C=O) groups is 1. The molecule has 2 rings (SSSR count). The molecular weight excluding hydrogens is 224 g/mol. The van der Waals surface area contributed by atoms with Crippen LogP contribution in [-0.4, -0.2) is 15.6 Å². The first-order chi connectivity index (χ1) is 8.81. The van der Waals surface area contributed by atoms with Crippen LogP contribution >= 0.6 is 0 Å². The zero-order valence-corrected chi connectivity index (χ0v) is 10.7. The maximum atomic E-state index is 11.6. The molecule has 0 bridgehead atoms. The minimum absolute atomic E-state index is 0.332. The highest BCUT2D eigenvalue weighted by Crippen LogP contribution is 2.12. The lowest BCUT2D eigenvalue weighted by atomic mass is 10.1. The minimum atomic E-state index is 0.332. The van der Waals surface area contributed by atoms with Gasteiger partial charge in [-0.3, -0.25) is 4.79 Å². The average Bonchev–Trinajstić information content (AvgIpc) is 2.86. The van der Waals surface area contributed by atoms with Gasteiger partial charge in [-0.2, -0.15) is 5.10 Å². The van der Waals surface area contributed by atoms with Crippen molar-refractivity contribution < 1.29 is 4.79 Å². The van der Waals surface area contributed by atoms with Crippen molar-refractivity contribution in [2.75, 3.05) is 0 Å². The van der Waals surface area contributed by atoms with Crippen molar-refractivity contribution in [3.63, 3.8) is 0 Å². The van der Waals surface area contributed by atoms with E-state index in [0.29, 0.717) is 18.6 Å². The van der Waals surface area contributed by atoms with Crippen LogP contribution in [0.5, 0.6) is 0 Å². The van der Waals surface area contributed by atoms with Crippen LogP contribution in [-0.2, 0) is 11.2 Å². The molecule has 0 aliphatic rings. The number of rotatable bonds is 6. The van der Waals surface area contributed by atoms with Crippen LogP contribution in [0.3, 0.4) is 0 Å². The Morgan fingerprint density at radius 2 is 1.94 bits per heavy atom. The average molecular weight is 242 g/mol. The van der Waals surface area contributed by atoms with Crippen LogP contribution in [0.25, 0.3) is 5.69 Å². The van der Waals surface area contributed by atoms with Crippen LogP contribution in [0.15, 0.2) is 42.6 Å². The zero-order chi connectivity index (χ0) is 12.8. The quantitative estimate of drug-likeness (QED) is 0.779. The molecule has 0 N–H and O–H groups in total. The van der Waals surface area contributed by atoms with Gasteiger partial charge in [-0.05, 0) is 31.0 Å². The summed E-state index contributed by atoms with van der Waals surface area (Å²) in [4.78, 5) is 11.6. The summed E-state index contributed by atoms with van der Waals surface area (Å²) in [6, 6.07) is 12.0. The Morgan fingerprint density at radius 1 is 1.17 bits per heavy atom. The van der Waals surface area contributed by atoms with Gasteiger partial charge in [0.25, 0.3) is 0 Å². The normalized spacial score (nSPS) is 10.5. The monoisotopic (exact) mass is 242 g/mol. The molecule has 0 radical (unpaired) electrons. The van der Waals surface area contributed by atoms with Gasteiger partial charge in [0.1, 0.15) is 5.78 Å². The Balaban J connectivity index is 2.07. The van der Waals surface area contributed by atoms with E-state index in [1.807, 2.05) is 48.0 Å². The molecule has 0 atom stereocenters. The smallest absolute Gasteiger partial charge is 0.133 e. The van der Waals surface area contributed by atoms with Crippen LogP contribution in [0.2, 0.25) is 0 Å². The summed E-state index contributed by atoms with van der Waals surface area (Å²) in [5, 5.41) is 4.32. The molecule has 18 heavy (non-hydrogen) atoms. The molecular formula is C15H18N2O. The van der Waals surface area contributed by atoms with Gasteiger partial charge in [0.15, 0.2) is 0 Å². The molecule has 1 heterocycles. The van der Waals surface area contributed by atoms with Crippen LogP contribution in [0, 0.1) is 0 Å². The number of aromatic nitrogens is 2. The van der Waals surface area contributed by atoms with E-state index in [0.717, 1.165) is 24.2 Å². The molecule has 3 heteroatoms. The van der Waals surface area contributed by atoms with Crippen molar-refractivity contribution >= 4 is 5.78 Å². The lowest BCUT2D eigenvalue weighted by Gasteiger charge is -2.06. The second-order valence-corrected chi connectivity index (χ2v) is 4.36. The molecule has 0 aliphatic heterocycles. The summed E-state index contributed by atoms with van der Waals surface area (Å²) in [5.74, 6) is 0.332. The third-order valence-electron chi connectivity index (χ3n) is 2.91. The molecule has 0 amide bonds. The maximum absolute atomic E-state index is 11.6. The predicted octanol–water partition coefficient (Wildman–Crippen LogP) is 3.17. The van der Waals surface area contributed by atoms with Crippen molar-refractivity contribution in [2.45, 2.75) is 32.6 Å². The molecule has 0 aliphatic carbocycles. The Labute approximate surface area is 107 Å². The van der Waals surface area contributed by atoms with Crippen LogP contribution in [0.1, 0.15) is 31.9 Å². The molecule has 94 valence electrons. The standard InChI is InChI=1S/C15H18N2O/c1-2-6-15(18)10-9-14-11-12-16-17(14)13-7-4-3-5-8-13/h3-5,7-8,11-12H,2,6,9-10H2,1H3. The fourth-order valence-electron chi connectivity index (χ4n) is 1.99. The SMILES string of the molecule is CCCC(=O)CCc1ccnn1-c1ccccc1. The number of hydrogen-bond donors (Lipinski definition) is 0. The molecule has 0 fully saturated rings. The number of aryl methyl sites for hydroxylation is 1. The maximum Gasteiger partial charge on any atom is 0.133 e. The van der Waals surface area contributed by atoms with Crippen molar-refractivity contribution in [1.29, 1.82) is 0 Å². The predicted molar refractivity (Wildman–Crippen MR) is 71.8 cm³/mol. The highest BCUT2D eigenvalue weighted by molar-refractivity contribution is 5.78. The molecule has 2 aromatic rings. The third kappa shape index (κ3) is 3.06. The van der Waals surface area contributed by atoms with Crippen molar-refractivity contribution in [3.05, 3.63) is 48.3 Å². The summed E-state index contributed by atoms with van der Waals surface area (Å²) in [6.07, 6.45) is 4.75. The fraction of sp³-hybridized carbons (Fsp3) is 0.333. The van der Waals surface area contributed by atoms with Gasteiger partial charge in [-0.1, -0.05) is 25.1 Å². The van der Waals surface area contributed by atoms with E-state index in [-0.39, 0.29) is 0 Å². The number of Topliss-reactive ketones (excluding diaryl/α,β-unsaturated/α-hetero) is 1. The first kappa shape index (κ1) is 12.6. The second-order valence-electron chi connectivity index (χ2n) is 4.36. The first-order valence-corrected chi connectivity index (χ1v) is 6.41. The van der Waals surface area contributed by atoms with Gasteiger partial charge in [0.05, 0.1) is 5.69 Å². The van der Waals surface area contributed by atoms with Crippen molar-refractivity contribution in [2.24, 2.45) is 0 Å². The van der Waals surface area contributed by atoms with Crippen molar-refractivity contribution in [3.8, 4) is 5.69 Å². The zero-order valence-electron chi connectivity index (χ0n) is 10.7. The highest BCUT2D eigenvalue weighted by Gasteiger charge is 2.07. The Kier molecular flexibility index (Phi) is 4.29. The summed E-state index contributed by atoms with van der Waals surface area (Å²) in [6.45, 7) is 2.03. The number of ketones is 1. The van der Waals surface area contributed by atoms with Crippen molar-refractivity contribution in [1.82, 2.24) is 9.78 Å². The Bertz CT molecular complexity index is 502. The second kappa shape index (κ2) is 6.15. The van der Waals surface area contributed by atoms with Gasteiger partial charge in [0, 0.05) is 24.7 Å². The van der Waals surface area contributed by atoms with Gasteiger partial charge in [-0.25, -0.2) is 4.68 Å². The summed E-state index contributed by atoms with van der Waals surface area (Å²) >= 11 is 0. The van der Waals surface area contributed by atoms with Gasteiger partial charge in [0.2, 0.25) is 0 Å². The van der Waals surface area contributed by atoms with E-state index in [2.05, 4.69) is 5.10 Å². The summed E-state index contributed by atoms with van der Waals surface area (Å²) < 4.78 is 1.90. The molecule has 1 aromatic carbocycles. The lowest BCUT2D eigenvalue weighted by molar-refractivity contribution is -0.119. The van der Waals surface area contributed by atoms with E-state index >= 15 is 0 Å². The molecule has 0 saturated heterocycles. The van der Waals surface area contributed by atoms with E-state index in [4.69, 9.17) is 0 Å². The largest absolute Gasteiger partial charge is 0.300 e. The number of nitrogens with zero attached hydrogens (tertiary/aromatic N) is 2. The van der Waals surface area contributed by atoms with E-state index < -0.39 is 0 Å².